The quantitative estimate of drug-likeness (QED) is 0.487. The van der Waals surface area contributed by atoms with Crippen LogP contribution in [-0.4, -0.2) is 21.1 Å². The Kier molecular flexibility index (Phi) is 4.23. The van der Waals surface area contributed by atoms with Gasteiger partial charge in [-0.25, -0.2) is 0 Å². The van der Waals surface area contributed by atoms with Crippen molar-refractivity contribution < 1.29 is 33.3 Å². The smallest absolute Gasteiger partial charge is 0.550 e. The van der Waals surface area contributed by atoms with E-state index in [4.69, 9.17) is 4.52 Å². The molecule has 0 saturated heterocycles. The number of rotatable bonds is 3. The van der Waals surface area contributed by atoms with Gasteiger partial charge >= 0.3 is 18.9 Å². The van der Waals surface area contributed by atoms with Crippen LogP contribution in [0.25, 0.3) is 11.5 Å². The maximum atomic E-state index is 10.3. The van der Waals surface area contributed by atoms with Crippen molar-refractivity contribution in [3.63, 3.8) is 0 Å². The molecule has 0 bridgehead atoms. The number of nitrogens with zero attached hydrogens (tertiary/aromatic N) is 3. The number of hydrogen-bond acceptors (Lipinski definition) is 6. The molecule has 0 amide bonds. The molecule has 2 heterocycles. The van der Waals surface area contributed by atoms with Crippen molar-refractivity contribution >= 4 is 5.97 Å². The van der Waals surface area contributed by atoms with Gasteiger partial charge in [-0.2, -0.15) is 4.98 Å². The molecule has 2 rings (SSSR count). The Morgan fingerprint density at radius 3 is 2.88 bits per heavy atom. The third-order valence-electron chi connectivity index (χ3n) is 1.66. The van der Waals surface area contributed by atoms with Crippen molar-refractivity contribution in [3.8, 4) is 11.5 Å². The van der Waals surface area contributed by atoms with Gasteiger partial charge in [0.25, 0.3) is 0 Å². The van der Waals surface area contributed by atoms with Crippen molar-refractivity contribution in [2.24, 2.45) is 0 Å². The molecule has 76 valence electrons. The zero-order valence-corrected chi connectivity index (χ0v) is 8.58. The second-order valence-corrected chi connectivity index (χ2v) is 2.78. The molecule has 0 radical (unpaired) electrons. The van der Waals surface area contributed by atoms with Crippen LogP contribution < -0.4 is 24.0 Å². The predicted octanol–water partition coefficient (Wildman–Crippen LogP) is -3.57. The van der Waals surface area contributed by atoms with Crippen molar-refractivity contribution in [3.05, 3.63) is 30.3 Å². The fourth-order valence-corrected chi connectivity index (χ4v) is 1.05. The van der Waals surface area contributed by atoms with Crippen molar-refractivity contribution in [1.29, 1.82) is 0 Å². The van der Waals surface area contributed by atoms with Gasteiger partial charge in [-0.05, 0) is 12.1 Å². The van der Waals surface area contributed by atoms with E-state index >= 15 is 0 Å². The van der Waals surface area contributed by atoms with E-state index in [-0.39, 0.29) is 37.0 Å². The van der Waals surface area contributed by atoms with Gasteiger partial charge in [0.15, 0.2) is 0 Å². The van der Waals surface area contributed by atoms with Crippen LogP contribution in [0.2, 0.25) is 0 Å². The van der Waals surface area contributed by atoms with E-state index in [0.717, 1.165) is 0 Å². The first kappa shape index (κ1) is 12.4. The second kappa shape index (κ2) is 5.44. The van der Waals surface area contributed by atoms with Crippen molar-refractivity contribution in [2.75, 3.05) is 0 Å². The molecule has 7 heteroatoms. The number of carbonyl (C=O) groups is 1. The van der Waals surface area contributed by atoms with Gasteiger partial charge in [0.1, 0.15) is 5.69 Å². The standard InChI is InChI=1S/C9H7N3O3.Li/c13-8(14)5-7-11-9(12-15-7)6-3-1-2-4-10-6;/h1-4H,5H2,(H,13,14);/q;+1/p-1. The predicted molar refractivity (Wildman–Crippen MR) is 46.2 cm³/mol. The van der Waals surface area contributed by atoms with E-state index in [2.05, 4.69) is 15.1 Å². The first-order chi connectivity index (χ1) is 7.25. The van der Waals surface area contributed by atoms with Gasteiger partial charge in [-0.1, -0.05) is 11.2 Å². The number of aliphatic carboxylic acids is 1. The Bertz CT molecular complexity index is 472. The van der Waals surface area contributed by atoms with Gasteiger partial charge < -0.3 is 14.4 Å². The van der Waals surface area contributed by atoms with Gasteiger partial charge in [-0.15, -0.1) is 0 Å². The van der Waals surface area contributed by atoms with Crippen LogP contribution in [0.4, 0.5) is 0 Å². The van der Waals surface area contributed by atoms with Gasteiger partial charge in [0.05, 0.1) is 12.4 Å². The molecule has 2 aromatic heterocycles. The van der Waals surface area contributed by atoms with Crippen LogP contribution in [-0.2, 0) is 11.2 Å². The third kappa shape index (κ3) is 2.92. The van der Waals surface area contributed by atoms with Crippen molar-refractivity contribution in [1.82, 2.24) is 15.1 Å². The maximum absolute atomic E-state index is 10.3. The third-order valence-corrected chi connectivity index (χ3v) is 1.66. The fourth-order valence-electron chi connectivity index (χ4n) is 1.05. The van der Waals surface area contributed by atoms with Crippen LogP contribution in [0.1, 0.15) is 5.89 Å². The van der Waals surface area contributed by atoms with Gasteiger partial charge in [-0.3, -0.25) is 4.98 Å². The molecule has 6 nitrogen and oxygen atoms in total. The summed E-state index contributed by atoms with van der Waals surface area (Å²) in [6.07, 6.45) is 1.20. The summed E-state index contributed by atoms with van der Waals surface area (Å²) in [5.41, 5.74) is 0.533. The summed E-state index contributed by atoms with van der Waals surface area (Å²) in [5, 5.41) is 13.9. The summed E-state index contributed by atoms with van der Waals surface area (Å²) in [7, 11) is 0. The number of carbonyl (C=O) groups excluding carboxylic acids is 1. The molecular weight excluding hydrogens is 205 g/mol. The molecule has 0 spiro atoms. The van der Waals surface area contributed by atoms with E-state index in [9.17, 15) is 9.90 Å². The van der Waals surface area contributed by atoms with E-state index < -0.39 is 5.97 Å². The second-order valence-electron chi connectivity index (χ2n) is 2.78. The molecule has 0 aliphatic rings. The van der Waals surface area contributed by atoms with E-state index in [0.29, 0.717) is 5.69 Å². The molecule has 0 aliphatic carbocycles. The minimum atomic E-state index is -1.26. The molecule has 0 atom stereocenters. The Morgan fingerprint density at radius 2 is 2.25 bits per heavy atom. The Hall–Kier alpha value is -1.64. The fraction of sp³-hybridized carbons (Fsp3) is 0.111. The van der Waals surface area contributed by atoms with Crippen LogP contribution in [0.5, 0.6) is 0 Å². The monoisotopic (exact) mass is 211 g/mol. The minimum Gasteiger partial charge on any atom is -0.550 e. The molecule has 16 heavy (non-hydrogen) atoms. The largest absolute Gasteiger partial charge is 1.00 e. The summed E-state index contributed by atoms with van der Waals surface area (Å²) in [5.74, 6) is -0.978. The molecule has 0 aromatic carbocycles. The summed E-state index contributed by atoms with van der Waals surface area (Å²) < 4.78 is 4.71. The first-order valence-electron chi connectivity index (χ1n) is 4.19. The SMILES string of the molecule is O=C([O-])Cc1nc(-c2ccccn2)no1.[Li+]. The van der Waals surface area contributed by atoms with E-state index in [1.165, 1.54) is 0 Å². The summed E-state index contributed by atoms with van der Waals surface area (Å²) in [6.45, 7) is 0. The zero-order valence-electron chi connectivity index (χ0n) is 8.58. The zero-order chi connectivity index (χ0) is 10.7. The number of hydrogen-bond donors (Lipinski definition) is 0. The Labute approximate surface area is 103 Å². The van der Waals surface area contributed by atoms with Crippen LogP contribution in [0, 0.1) is 0 Å². The van der Waals surface area contributed by atoms with Crippen LogP contribution in [0.3, 0.4) is 0 Å². The van der Waals surface area contributed by atoms with E-state index in [1.807, 2.05) is 0 Å². The Morgan fingerprint density at radius 1 is 1.44 bits per heavy atom. The molecular formula is C9H6LiN3O3. The summed E-state index contributed by atoms with van der Waals surface area (Å²) >= 11 is 0. The first-order valence-corrected chi connectivity index (χ1v) is 4.19. The molecule has 2 aromatic rings. The number of aromatic nitrogens is 3. The summed E-state index contributed by atoms with van der Waals surface area (Å²) in [4.78, 5) is 18.1. The topological polar surface area (TPSA) is 91.9 Å². The molecule has 0 fully saturated rings. The summed E-state index contributed by atoms with van der Waals surface area (Å²) in [6, 6.07) is 5.23. The van der Waals surface area contributed by atoms with Crippen LogP contribution in [0.15, 0.2) is 28.9 Å². The normalized spacial score (nSPS) is 9.50. The average molecular weight is 211 g/mol. The minimum absolute atomic E-state index is 0. The van der Waals surface area contributed by atoms with E-state index in [1.54, 1.807) is 24.4 Å². The average Bonchev–Trinajstić information content (AvgIpc) is 2.67. The van der Waals surface area contributed by atoms with Crippen molar-refractivity contribution in [2.45, 2.75) is 6.42 Å². The van der Waals surface area contributed by atoms with Gasteiger partial charge in [0, 0.05) is 6.20 Å². The Balaban J connectivity index is 0.00000128. The van der Waals surface area contributed by atoms with Gasteiger partial charge in [0.2, 0.25) is 11.7 Å². The maximum Gasteiger partial charge on any atom is 1.00 e. The number of pyridine rings is 1. The molecule has 0 N–H and O–H groups in total. The molecule has 0 saturated carbocycles. The number of carboxylic acid groups (broad SMARTS) is 1. The molecule has 0 aliphatic heterocycles. The molecule has 0 unspecified atom stereocenters. The van der Waals surface area contributed by atoms with Crippen LogP contribution >= 0.6 is 0 Å². The number of carboxylic acids is 1.